The van der Waals surface area contributed by atoms with E-state index in [1.54, 1.807) is 0 Å². The summed E-state index contributed by atoms with van der Waals surface area (Å²) in [5, 5.41) is 0.816. The number of hydrogen-bond acceptors (Lipinski definition) is 2. The molecule has 0 spiro atoms. The summed E-state index contributed by atoms with van der Waals surface area (Å²) in [5.74, 6) is 0.868. The van der Waals surface area contributed by atoms with Crippen molar-refractivity contribution in [2.75, 3.05) is 20.1 Å². The van der Waals surface area contributed by atoms with E-state index in [0.717, 1.165) is 30.6 Å². The summed E-state index contributed by atoms with van der Waals surface area (Å²) >= 11 is 6.05. The smallest absolute Gasteiger partial charge is 0.0409 e. The standard InChI is InChI=1S/C17H27ClN2/c1-14-6-8-17(12-19,9-7-14)13-20(2)11-15-4-3-5-16(18)10-15/h3-5,10,14H,6-9,11-13,19H2,1-2H3. The molecule has 2 N–H and O–H groups in total. The molecule has 3 heteroatoms. The van der Waals surface area contributed by atoms with Crippen LogP contribution in [0, 0.1) is 11.3 Å². The number of rotatable bonds is 5. The maximum absolute atomic E-state index is 6.10. The van der Waals surface area contributed by atoms with Crippen molar-refractivity contribution in [1.29, 1.82) is 0 Å². The largest absolute Gasteiger partial charge is 0.330 e. The van der Waals surface area contributed by atoms with Gasteiger partial charge < -0.3 is 10.6 Å². The molecule has 0 amide bonds. The molecule has 2 nitrogen and oxygen atoms in total. The predicted molar refractivity (Wildman–Crippen MR) is 86.9 cm³/mol. The van der Waals surface area contributed by atoms with E-state index in [4.69, 9.17) is 17.3 Å². The van der Waals surface area contributed by atoms with Crippen LogP contribution in [0.2, 0.25) is 5.02 Å². The lowest BCUT2D eigenvalue weighted by molar-refractivity contribution is 0.105. The number of nitrogens with two attached hydrogens (primary N) is 1. The van der Waals surface area contributed by atoms with Crippen molar-refractivity contribution < 1.29 is 0 Å². The van der Waals surface area contributed by atoms with Crippen LogP contribution in [-0.2, 0) is 6.54 Å². The maximum Gasteiger partial charge on any atom is 0.0409 e. The van der Waals surface area contributed by atoms with Crippen LogP contribution in [0.1, 0.15) is 38.2 Å². The van der Waals surface area contributed by atoms with E-state index in [-0.39, 0.29) is 0 Å². The Bertz CT molecular complexity index is 425. The van der Waals surface area contributed by atoms with Crippen molar-refractivity contribution >= 4 is 11.6 Å². The van der Waals surface area contributed by atoms with E-state index >= 15 is 0 Å². The van der Waals surface area contributed by atoms with Crippen LogP contribution in [0.5, 0.6) is 0 Å². The summed E-state index contributed by atoms with van der Waals surface area (Å²) in [6.45, 7) is 5.19. The van der Waals surface area contributed by atoms with Crippen LogP contribution >= 0.6 is 11.6 Å². The molecule has 20 heavy (non-hydrogen) atoms. The highest BCUT2D eigenvalue weighted by atomic mass is 35.5. The molecular formula is C17H27ClN2. The Labute approximate surface area is 128 Å². The zero-order chi connectivity index (χ0) is 14.6. The normalized spacial score (nSPS) is 26.9. The first-order valence-electron chi connectivity index (χ1n) is 7.66. The average molecular weight is 295 g/mol. The molecule has 1 fully saturated rings. The van der Waals surface area contributed by atoms with Gasteiger partial charge in [-0.05, 0) is 55.5 Å². The molecule has 0 atom stereocenters. The fourth-order valence-corrected chi connectivity index (χ4v) is 3.59. The lowest BCUT2D eigenvalue weighted by Gasteiger charge is -2.41. The molecule has 112 valence electrons. The van der Waals surface area contributed by atoms with E-state index < -0.39 is 0 Å². The third kappa shape index (κ3) is 4.21. The molecular weight excluding hydrogens is 268 g/mol. The summed E-state index contributed by atoms with van der Waals surface area (Å²) < 4.78 is 0. The third-order valence-electron chi connectivity index (χ3n) is 4.71. The zero-order valence-corrected chi connectivity index (χ0v) is 13.5. The molecule has 0 heterocycles. The minimum atomic E-state index is 0.319. The fraction of sp³-hybridized carbons (Fsp3) is 0.647. The van der Waals surface area contributed by atoms with Gasteiger partial charge in [-0.15, -0.1) is 0 Å². The van der Waals surface area contributed by atoms with Crippen LogP contribution in [0.4, 0.5) is 0 Å². The first-order chi connectivity index (χ1) is 9.53. The summed E-state index contributed by atoms with van der Waals surface area (Å²) in [6, 6.07) is 8.14. The minimum Gasteiger partial charge on any atom is -0.330 e. The maximum atomic E-state index is 6.10. The van der Waals surface area contributed by atoms with E-state index in [9.17, 15) is 0 Å². The quantitative estimate of drug-likeness (QED) is 0.891. The Morgan fingerprint density at radius 3 is 2.65 bits per heavy atom. The van der Waals surface area contributed by atoms with Gasteiger partial charge in [0.2, 0.25) is 0 Å². The third-order valence-corrected chi connectivity index (χ3v) is 4.95. The Kier molecular flexibility index (Phi) is 5.48. The first-order valence-corrected chi connectivity index (χ1v) is 8.04. The summed E-state index contributed by atoms with van der Waals surface area (Å²) in [6.07, 6.45) is 5.18. The van der Waals surface area contributed by atoms with Crippen molar-refractivity contribution in [3.63, 3.8) is 0 Å². The second-order valence-corrected chi connectivity index (χ2v) is 7.13. The minimum absolute atomic E-state index is 0.319. The second kappa shape index (κ2) is 6.93. The van der Waals surface area contributed by atoms with Crippen LogP contribution in [0.15, 0.2) is 24.3 Å². The van der Waals surface area contributed by atoms with Crippen molar-refractivity contribution in [2.45, 2.75) is 39.2 Å². The van der Waals surface area contributed by atoms with Crippen LogP contribution in [-0.4, -0.2) is 25.0 Å². The van der Waals surface area contributed by atoms with E-state index in [2.05, 4.69) is 31.0 Å². The van der Waals surface area contributed by atoms with Gasteiger partial charge >= 0.3 is 0 Å². The summed E-state index contributed by atoms with van der Waals surface area (Å²) in [4.78, 5) is 2.40. The number of halogens is 1. The van der Waals surface area contributed by atoms with Gasteiger partial charge in [-0.1, -0.05) is 43.5 Å². The molecule has 1 saturated carbocycles. The van der Waals surface area contributed by atoms with E-state index in [0.29, 0.717) is 5.41 Å². The van der Waals surface area contributed by atoms with Crippen molar-refractivity contribution in [2.24, 2.45) is 17.1 Å². The Morgan fingerprint density at radius 1 is 1.35 bits per heavy atom. The van der Waals surface area contributed by atoms with E-state index in [1.165, 1.54) is 31.2 Å². The number of hydrogen-bond donors (Lipinski definition) is 1. The molecule has 1 aliphatic rings. The highest BCUT2D eigenvalue weighted by Crippen LogP contribution is 2.38. The molecule has 0 aliphatic heterocycles. The Hall–Kier alpha value is -0.570. The lowest BCUT2D eigenvalue weighted by Crippen LogP contribution is -2.43. The molecule has 1 aromatic carbocycles. The van der Waals surface area contributed by atoms with Crippen LogP contribution < -0.4 is 5.73 Å². The van der Waals surface area contributed by atoms with Gasteiger partial charge in [-0.25, -0.2) is 0 Å². The fourth-order valence-electron chi connectivity index (χ4n) is 3.38. The molecule has 1 aliphatic carbocycles. The summed E-state index contributed by atoms with van der Waals surface area (Å²) in [7, 11) is 2.19. The van der Waals surface area contributed by atoms with Gasteiger partial charge in [-0.2, -0.15) is 0 Å². The van der Waals surface area contributed by atoms with Crippen LogP contribution in [0.25, 0.3) is 0 Å². The van der Waals surface area contributed by atoms with Gasteiger partial charge in [-0.3, -0.25) is 0 Å². The monoisotopic (exact) mass is 294 g/mol. The molecule has 2 rings (SSSR count). The first kappa shape index (κ1) is 15.8. The van der Waals surface area contributed by atoms with Crippen molar-refractivity contribution in [1.82, 2.24) is 4.90 Å². The average Bonchev–Trinajstić information content (AvgIpc) is 2.41. The Balaban J connectivity index is 1.94. The zero-order valence-electron chi connectivity index (χ0n) is 12.7. The highest BCUT2D eigenvalue weighted by molar-refractivity contribution is 6.30. The highest BCUT2D eigenvalue weighted by Gasteiger charge is 2.33. The Morgan fingerprint density at radius 2 is 2.05 bits per heavy atom. The molecule has 0 radical (unpaired) electrons. The van der Waals surface area contributed by atoms with Gasteiger partial charge in [0.15, 0.2) is 0 Å². The molecule has 0 aromatic heterocycles. The number of benzene rings is 1. The molecule has 1 aromatic rings. The van der Waals surface area contributed by atoms with Crippen molar-refractivity contribution in [3.05, 3.63) is 34.9 Å². The van der Waals surface area contributed by atoms with E-state index in [1.807, 2.05) is 12.1 Å². The lowest BCUT2D eigenvalue weighted by atomic mass is 9.70. The van der Waals surface area contributed by atoms with Crippen LogP contribution in [0.3, 0.4) is 0 Å². The topological polar surface area (TPSA) is 29.3 Å². The molecule has 0 bridgehead atoms. The summed E-state index contributed by atoms with van der Waals surface area (Å²) in [5.41, 5.74) is 7.70. The second-order valence-electron chi connectivity index (χ2n) is 6.69. The SMILES string of the molecule is CC1CCC(CN)(CN(C)Cc2cccc(Cl)c2)CC1. The van der Waals surface area contributed by atoms with Crippen molar-refractivity contribution in [3.8, 4) is 0 Å². The van der Waals surface area contributed by atoms with Gasteiger partial charge in [0.05, 0.1) is 0 Å². The predicted octanol–water partition coefficient (Wildman–Crippen LogP) is 3.93. The van der Waals surface area contributed by atoms with Gasteiger partial charge in [0.25, 0.3) is 0 Å². The molecule has 0 unspecified atom stereocenters. The van der Waals surface area contributed by atoms with Gasteiger partial charge in [0, 0.05) is 18.1 Å². The molecule has 0 saturated heterocycles. The van der Waals surface area contributed by atoms with Gasteiger partial charge in [0.1, 0.15) is 0 Å². The number of nitrogens with zero attached hydrogens (tertiary/aromatic N) is 1.